The van der Waals surface area contributed by atoms with E-state index in [2.05, 4.69) is 37.9 Å². The maximum Gasteiger partial charge on any atom is 0.123 e. The third-order valence-corrected chi connectivity index (χ3v) is 3.34. The van der Waals surface area contributed by atoms with Gasteiger partial charge in [0.15, 0.2) is 0 Å². The largest absolute Gasteiger partial charge is 0.496 e. The molecule has 1 atom stereocenters. The van der Waals surface area contributed by atoms with Crippen LogP contribution in [0, 0.1) is 5.92 Å². The maximum atomic E-state index is 5.73. The van der Waals surface area contributed by atoms with E-state index in [1.54, 1.807) is 7.11 Å². The predicted molar refractivity (Wildman–Crippen MR) is 76.7 cm³/mol. The van der Waals surface area contributed by atoms with E-state index in [0.717, 1.165) is 30.3 Å². The zero-order valence-corrected chi connectivity index (χ0v) is 12.1. The van der Waals surface area contributed by atoms with Crippen molar-refractivity contribution in [2.75, 3.05) is 20.7 Å². The molecule has 0 aromatic heterocycles. The highest BCUT2D eigenvalue weighted by molar-refractivity contribution is 5.37. The fourth-order valence-corrected chi connectivity index (χ4v) is 2.13. The second kappa shape index (κ2) is 7.39. The van der Waals surface area contributed by atoms with Crippen molar-refractivity contribution >= 4 is 0 Å². The molecule has 1 aromatic carbocycles. The lowest BCUT2D eigenvalue weighted by Crippen LogP contribution is -2.23. The summed E-state index contributed by atoms with van der Waals surface area (Å²) in [6.07, 6.45) is 1.22. The van der Waals surface area contributed by atoms with Crippen molar-refractivity contribution in [1.29, 1.82) is 0 Å². The van der Waals surface area contributed by atoms with E-state index in [4.69, 9.17) is 10.5 Å². The second-order valence-electron chi connectivity index (χ2n) is 5.06. The quantitative estimate of drug-likeness (QED) is 0.808. The van der Waals surface area contributed by atoms with Gasteiger partial charge in [0.1, 0.15) is 5.75 Å². The Morgan fingerprint density at radius 2 is 2.11 bits per heavy atom. The van der Waals surface area contributed by atoms with Gasteiger partial charge in [0, 0.05) is 25.2 Å². The van der Waals surface area contributed by atoms with Crippen molar-refractivity contribution in [3.63, 3.8) is 0 Å². The standard InChI is InChI=1S/C15H26N2O/c1-5-12(2)10-17(3)11-13-6-7-15(18-4)14(8-13)9-16/h6-8,12H,5,9-11,16H2,1-4H3. The monoisotopic (exact) mass is 250 g/mol. The van der Waals surface area contributed by atoms with Crippen molar-refractivity contribution in [3.05, 3.63) is 29.3 Å². The molecule has 0 aliphatic rings. The van der Waals surface area contributed by atoms with E-state index in [1.807, 2.05) is 6.07 Å². The molecular weight excluding hydrogens is 224 g/mol. The fraction of sp³-hybridized carbons (Fsp3) is 0.600. The van der Waals surface area contributed by atoms with E-state index in [9.17, 15) is 0 Å². The molecule has 0 amide bonds. The minimum absolute atomic E-state index is 0.520. The Kier molecular flexibility index (Phi) is 6.16. The predicted octanol–water partition coefficient (Wildman–Crippen LogP) is 2.63. The number of rotatable bonds is 7. The molecule has 0 radical (unpaired) electrons. The summed E-state index contributed by atoms with van der Waals surface area (Å²) >= 11 is 0. The summed E-state index contributed by atoms with van der Waals surface area (Å²) in [5.41, 5.74) is 8.10. The molecule has 0 fully saturated rings. The first-order valence-corrected chi connectivity index (χ1v) is 6.65. The van der Waals surface area contributed by atoms with Gasteiger partial charge in [-0.15, -0.1) is 0 Å². The van der Waals surface area contributed by atoms with Crippen LogP contribution in [0.5, 0.6) is 5.75 Å². The van der Waals surface area contributed by atoms with Crippen molar-refractivity contribution in [2.45, 2.75) is 33.4 Å². The smallest absolute Gasteiger partial charge is 0.123 e. The highest BCUT2D eigenvalue weighted by atomic mass is 16.5. The number of benzene rings is 1. The summed E-state index contributed by atoms with van der Waals surface area (Å²) in [4.78, 5) is 2.36. The Labute approximate surface area is 111 Å². The number of hydrogen-bond acceptors (Lipinski definition) is 3. The fourth-order valence-electron chi connectivity index (χ4n) is 2.13. The van der Waals surface area contributed by atoms with Crippen LogP contribution in [0.25, 0.3) is 0 Å². The molecule has 102 valence electrons. The lowest BCUT2D eigenvalue weighted by molar-refractivity contribution is 0.275. The second-order valence-corrected chi connectivity index (χ2v) is 5.06. The number of methoxy groups -OCH3 is 1. The number of nitrogens with zero attached hydrogens (tertiary/aromatic N) is 1. The first-order valence-electron chi connectivity index (χ1n) is 6.65. The molecule has 1 aromatic rings. The molecule has 0 saturated heterocycles. The Bertz CT molecular complexity index is 366. The van der Waals surface area contributed by atoms with Crippen LogP contribution in [0.15, 0.2) is 18.2 Å². The van der Waals surface area contributed by atoms with Gasteiger partial charge in [0.2, 0.25) is 0 Å². The molecule has 0 aliphatic heterocycles. The van der Waals surface area contributed by atoms with Crippen LogP contribution in [0.1, 0.15) is 31.4 Å². The lowest BCUT2D eigenvalue weighted by Gasteiger charge is -2.21. The molecule has 3 nitrogen and oxygen atoms in total. The molecule has 0 bridgehead atoms. The Balaban J connectivity index is 2.67. The highest BCUT2D eigenvalue weighted by Crippen LogP contribution is 2.20. The van der Waals surface area contributed by atoms with Gasteiger partial charge in [-0.05, 0) is 30.7 Å². The van der Waals surface area contributed by atoms with Gasteiger partial charge in [-0.2, -0.15) is 0 Å². The third-order valence-electron chi connectivity index (χ3n) is 3.34. The Morgan fingerprint density at radius 3 is 2.67 bits per heavy atom. The summed E-state index contributed by atoms with van der Waals surface area (Å²) in [6.45, 7) is 7.13. The Morgan fingerprint density at radius 1 is 1.39 bits per heavy atom. The van der Waals surface area contributed by atoms with Gasteiger partial charge in [0.25, 0.3) is 0 Å². The zero-order valence-electron chi connectivity index (χ0n) is 12.1. The van der Waals surface area contributed by atoms with Crippen LogP contribution < -0.4 is 10.5 Å². The molecule has 3 heteroatoms. The van der Waals surface area contributed by atoms with Crippen LogP contribution in [0.4, 0.5) is 0 Å². The molecule has 18 heavy (non-hydrogen) atoms. The van der Waals surface area contributed by atoms with Gasteiger partial charge in [0.05, 0.1) is 7.11 Å². The summed E-state index contributed by atoms with van der Waals surface area (Å²) in [5.74, 6) is 1.62. The normalized spacial score (nSPS) is 12.8. The maximum absolute atomic E-state index is 5.73. The summed E-state index contributed by atoms with van der Waals surface area (Å²) in [7, 11) is 3.85. The number of ether oxygens (including phenoxy) is 1. The lowest BCUT2D eigenvalue weighted by atomic mass is 10.1. The van der Waals surface area contributed by atoms with E-state index in [1.165, 1.54) is 12.0 Å². The zero-order chi connectivity index (χ0) is 13.5. The van der Waals surface area contributed by atoms with E-state index >= 15 is 0 Å². The van der Waals surface area contributed by atoms with E-state index in [-0.39, 0.29) is 0 Å². The molecule has 0 spiro atoms. The number of hydrogen-bond donors (Lipinski definition) is 1. The van der Waals surface area contributed by atoms with Crippen molar-refractivity contribution < 1.29 is 4.74 Å². The van der Waals surface area contributed by atoms with Crippen molar-refractivity contribution in [2.24, 2.45) is 11.7 Å². The van der Waals surface area contributed by atoms with Crippen LogP contribution in [-0.2, 0) is 13.1 Å². The van der Waals surface area contributed by atoms with Crippen LogP contribution in [0.2, 0.25) is 0 Å². The first-order chi connectivity index (χ1) is 8.60. The topological polar surface area (TPSA) is 38.5 Å². The summed E-state index contributed by atoms with van der Waals surface area (Å²) < 4.78 is 5.28. The van der Waals surface area contributed by atoms with Gasteiger partial charge in [-0.25, -0.2) is 0 Å². The molecule has 0 heterocycles. The van der Waals surface area contributed by atoms with Crippen LogP contribution >= 0.6 is 0 Å². The SMILES string of the molecule is CCC(C)CN(C)Cc1ccc(OC)c(CN)c1. The van der Waals surface area contributed by atoms with Crippen molar-refractivity contribution in [3.8, 4) is 5.75 Å². The van der Waals surface area contributed by atoms with Crippen molar-refractivity contribution in [1.82, 2.24) is 4.90 Å². The summed E-state index contributed by atoms with van der Waals surface area (Å²) in [5, 5.41) is 0. The van der Waals surface area contributed by atoms with Gasteiger partial charge in [-0.3, -0.25) is 0 Å². The molecule has 1 unspecified atom stereocenters. The molecular formula is C15H26N2O. The van der Waals surface area contributed by atoms with Gasteiger partial charge < -0.3 is 15.4 Å². The van der Waals surface area contributed by atoms with Crippen LogP contribution in [0.3, 0.4) is 0 Å². The summed E-state index contributed by atoms with van der Waals surface area (Å²) in [6, 6.07) is 6.27. The molecule has 0 saturated carbocycles. The average molecular weight is 250 g/mol. The molecule has 2 N–H and O–H groups in total. The van der Waals surface area contributed by atoms with Gasteiger partial charge >= 0.3 is 0 Å². The molecule has 1 rings (SSSR count). The van der Waals surface area contributed by atoms with Crippen LogP contribution in [-0.4, -0.2) is 25.6 Å². The van der Waals surface area contributed by atoms with Gasteiger partial charge in [-0.1, -0.05) is 26.3 Å². The highest BCUT2D eigenvalue weighted by Gasteiger charge is 2.07. The first kappa shape index (κ1) is 15.0. The average Bonchev–Trinajstić information content (AvgIpc) is 2.38. The third kappa shape index (κ3) is 4.31. The molecule has 0 aliphatic carbocycles. The van der Waals surface area contributed by atoms with E-state index in [0.29, 0.717) is 6.54 Å². The minimum Gasteiger partial charge on any atom is -0.496 e. The Hall–Kier alpha value is -1.06. The number of nitrogens with two attached hydrogens (primary N) is 1. The van der Waals surface area contributed by atoms with E-state index < -0.39 is 0 Å². The minimum atomic E-state index is 0.520.